The number of hydrogen-bond donors (Lipinski definition) is 2. The van der Waals surface area contributed by atoms with Crippen LogP contribution in [0.5, 0.6) is 0 Å². The average molecular weight is 246 g/mol. The molecule has 2 atom stereocenters. The molecule has 0 radical (unpaired) electrons. The van der Waals surface area contributed by atoms with Crippen LogP contribution < -0.4 is 10.6 Å². The maximum absolute atomic E-state index is 12.2. The van der Waals surface area contributed by atoms with Crippen molar-refractivity contribution in [1.29, 1.82) is 0 Å². The van der Waals surface area contributed by atoms with Crippen LogP contribution >= 0.6 is 0 Å². The second-order valence-corrected chi connectivity index (χ2v) is 4.98. The van der Waals surface area contributed by atoms with Gasteiger partial charge in [-0.3, -0.25) is 4.79 Å². The topological polar surface area (TPSA) is 41.1 Å². The van der Waals surface area contributed by atoms with Gasteiger partial charge in [-0.1, -0.05) is 37.3 Å². The van der Waals surface area contributed by atoms with E-state index in [1.165, 1.54) is 6.42 Å². The van der Waals surface area contributed by atoms with E-state index >= 15 is 0 Å². The predicted molar refractivity (Wildman–Crippen MR) is 73.5 cm³/mol. The fourth-order valence-electron chi connectivity index (χ4n) is 2.51. The molecular weight excluding hydrogens is 224 g/mol. The Bertz CT molecular complexity index is 371. The van der Waals surface area contributed by atoms with Crippen molar-refractivity contribution >= 4 is 5.91 Å². The molecule has 0 aliphatic carbocycles. The van der Waals surface area contributed by atoms with E-state index in [9.17, 15) is 4.79 Å². The number of benzene rings is 1. The second kappa shape index (κ2) is 6.55. The van der Waals surface area contributed by atoms with Crippen LogP contribution in [0.15, 0.2) is 30.3 Å². The highest BCUT2D eigenvalue weighted by molar-refractivity contribution is 5.83. The summed E-state index contributed by atoms with van der Waals surface area (Å²) in [6.45, 7) is 4.97. The Balaban J connectivity index is 1.89. The molecule has 2 unspecified atom stereocenters. The maximum Gasteiger partial charge on any atom is 0.227 e. The van der Waals surface area contributed by atoms with Gasteiger partial charge in [0.1, 0.15) is 0 Å². The molecule has 0 aromatic heterocycles. The summed E-state index contributed by atoms with van der Waals surface area (Å²) >= 11 is 0. The third kappa shape index (κ3) is 3.33. The fraction of sp³-hybridized carbons (Fsp3) is 0.533. The van der Waals surface area contributed by atoms with Crippen molar-refractivity contribution in [3.8, 4) is 0 Å². The lowest BCUT2D eigenvalue weighted by Crippen LogP contribution is -2.33. The van der Waals surface area contributed by atoms with Gasteiger partial charge < -0.3 is 10.6 Å². The van der Waals surface area contributed by atoms with Gasteiger partial charge in [0.05, 0.1) is 5.92 Å². The van der Waals surface area contributed by atoms with Crippen molar-refractivity contribution in [2.75, 3.05) is 19.6 Å². The van der Waals surface area contributed by atoms with E-state index in [1.54, 1.807) is 0 Å². The van der Waals surface area contributed by atoms with Gasteiger partial charge >= 0.3 is 0 Å². The SMILES string of the molecule is CCC(C(=O)NCC1CCNC1)c1ccccc1. The molecular formula is C15H22N2O. The van der Waals surface area contributed by atoms with Crippen LogP contribution in [0.25, 0.3) is 0 Å². The fourth-order valence-corrected chi connectivity index (χ4v) is 2.51. The normalized spacial score (nSPS) is 20.6. The number of rotatable bonds is 5. The van der Waals surface area contributed by atoms with Crippen molar-refractivity contribution in [2.45, 2.75) is 25.7 Å². The standard InChI is InChI=1S/C15H22N2O/c1-2-14(13-6-4-3-5-7-13)15(18)17-11-12-8-9-16-10-12/h3-7,12,14,16H,2,8-11H2,1H3,(H,17,18). The first-order valence-corrected chi connectivity index (χ1v) is 6.84. The van der Waals surface area contributed by atoms with Crippen LogP contribution in [-0.4, -0.2) is 25.5 Å². The summed E-state index contributed by atoms with van der Waals surface area (Å²) in [5.74, 6) is 0.749. The lowest BCUT2D eigenvalue weighted by Gasteiger charge is -2.17. The van der Waals surface area contributed by atoms with Crippen molar-refractivity contribution in [3.63, 3.8) is 0 Å². The molecule has 2 rings (SSSR count). The van der Waals surface area contributed by atoms with Crippen molar-refractivity contribution in [1.82, 2.24) is 10.6 Å². The van der Waals surface area contributed by atoms with Crippen molar-refractivity contribution in [3.05, 3.63) is 35.9 Å². The van der Waals surface area contributed by atoms with Crippen LogP contribution in [0.2, 0.25) is 0 Å². The highest BCUT2D eigenvalue weighted by Gasteiger charge is 2.20. The van der Waals surface area contributed by atoms with Crippen LogP contribution in [-0.2, 0) is 4.79 Å². The summed E-state index contributed by atoms with van der Waals surface area (Å²) in [6.07, 6.45) is 2.02. The summed E-state index contributed by atoms with van der Waals surface area (Å²) in [5.41, 5.74) is 1.11. The minimum Gasteiger partial charge on any atom is -0.355 e. The monoisotopic (exact) mass is 246 g/mol. The molecule has 1 aromatic carbocycles. The molecule has 1 aromatic rings. The van der Waals surface area contributed by atoms with Gasteiger partial charge in [-0.15, -0.1) is 0 Å². The van der Waals surface area contributed by atoms with Gasteiger partial charge in [-0.2, -0.15) is 0 Å². The minimum atomic E-state index is -0.0134. The Labute approximate surface area is 109 Å². The number of hydrogen-bond acceptors (Lipinski definition) is 2. The highest BCUT2D eigenvalue weighted by Crippen LogP contribution is 2.19. The largest absolute Gasteiger partial charge is 0.355 e. The Hall–Kier alpha value is -1.35. The molecule has 0 saturated carbocycles. The van der Waals surface area contributed by atoms with E-state index in [0.29, 0.717) is 5.92 Å². The summed E-state index contributed by atoms with van der Waals surface area (Å²) in [7, 11) is 0. The Morgan fingerprint density at radius 3 is 2.83 bits per heavy atom. The average Bonchev–Trinajstić information content (AvgIpc) is 2.92. The van der Waals surface area contributed by atoms with E-state index in [0.717, 1.165) is 31.6 Å². The third-order valence-corrected chi connectivity index (χ3v) is 3.65. The highest BCUT2D eigenvalue weighted by atomic mass is 16.1. The molecule has 2 N–H and O–H groups in total. The molecule has 3 heteroatoms. The van der Waals surface area contributed by atoms with E-state index < -0.39 is 0 Å². The maximum atomic E-state index is 12.2. The molecule has 1 aliphatic rings. The molecule has 1 aliphatic heterocycles. The number of carbonyl (C=O) groups excluding carboxylic acids is 1. The van der Waals surface area contributed by atoms with Crippen LogP contribution in [0.3, 0.4) is 0 Å². The number of nitrogens with one attached hydrogen (secondary N) is 2. The first-order chi connectivity index (χ1) is 8.81. The Morgan fingerprint density at radius 1 is 1.44 bits per heavy atom. The van der Waals surface area contributed by atoms with Crippen LogP contribution in [0.4, 0.5) is 0 Å². The first-order valence-electron chi connectivity index (χ1n) is 6.84. The molecule has 3 nitrogen and oxygen atoms in total. The van der Waals surface area contributed by atoms with Gasteiger partial charge in [0.15, 0.2) is 0 Å². The minimum absolute atomic E-state index is 0.0134. The lowest BCUT2D eigenvalue weighted by atomic mass is 9.95. The Kier molecular flexibility index (Phi) is 4.76. The zero-order valence-corrected chi connectivity index (χ0v) is 11.0. The van der Waals surface area contributed by atoms with Gasteiger partial charge in [-0.05, 0) is 37.4 Å². The number of amides is 1. The predicted octanol–water partition coefficient (Wildman–Crippen LogP) is 1.91. The van der Waals surface area contributed by atoms with E-state index in [1.807, 2.05) is 30.3 Å². The first kappa shape index (κ1) is 13.1. The smallest absolute Gasteiger partial charge is 0.227 e. The van der Waals surface area contributed by atoms with Crippen molar-refractivity contribution in [2.24, 2.45) is 5.92 Å². The molecule has 1 saturated heterocycles. The molecule has 0 bridgehead atoms. The van der Waals surface area contributed by atoms with E-state index in [-0.39, 0.29) is 11.8 Å². The molecule has 0 spiro atoms. The summed E-state index contributed by atoms with van der Waals surface area (Å²) < 4.78 is 0. The van der Waals surface area contributed by atoms with Gasteiger partial charge in [0.2, 0.25) is 5.91 Å². The molecule has 1 fully saturated rings. The summed E-state index contributed by atoms with van der Waals surface area (Å²) in [5, 5.41) is 6.41. The second-order valence-electron chi connectivity index (χ2n) is 4.98. The molecule has 1 heterocycles. The molecule has 98 valence electrons. The zero-order chi connectivity index (χ0) is 12.8. The summed E-state index contributed by atoms with van der Waals surface area (Å²) in [4.78, 5) is 12.2. The van der Waals surface area contributed by atoms with Gasteiger partial charge in [-0.25, -0.2) is 0 Å². The summed E-state index contributed by atoms with van der Waals surface area (Å²) in [6, 6.07) is 10.0. The van der Waals surface area contributed by atoms with Crippen LogP contribution in [0.1, 0.15) is 31.2 Å². The quantitative estimate of drug-likeness (QED) is 0.833. The molecule has 1 amide bonds. The molecule has 18 heavy (non-hydrogen) atoms. The third-order valence-electron chi connectivity index (χ3n) is 3.65. The van der Waals surface area contributed by atoms with E-state index in [2.05, 4.69) is 17.6 Å². The van der Waals surface area contributed by atoms with Crippen LogP contribution in [0, 0.1) is 5.92 Å². The van der Waals surface area contributed by atoms with Gasteiger partial charge in [0, 0.05) is 6.54 Å². The Morgan fingerprint density at radius 2 is 2.22 bits per heavy atom. The van der Waals surface area contributed by atoms with Crippen molar-refractivity contribution < 1.29 is 4.79 Å². The van der Waals surface area contributed by atoms with E-state index in [4.69, 9.17) is 0 Å². The number of carbonyl (C=O) groups is 1. The van der Waals surface area contributed by atoms with Gasteiger partial charge in [0.25, 0.3) is 0 Å². The lowest BCUT2D eigenvalue weighted by molar-refractivity contribution is -0.122. The zero-order valence-electron chi connectivity index (χ0n) is 11.0.